The van der Waals surface area contributed by atoms with Crippen LogP contribution in [-0.4, -0.2) is 48.6 Å². The SMILES string of the molecule is CNCC(=O)N1C[C@@H](C(=O)O)[C@H](c2ccccc2)C1.Cl. The molecule has 0 spiro atoms. The van der Waals surface area contributed by atoms with Gasteiger partial charge in [-0.1, -0.05) is 30.3 Å². The van der Waals surface area contributed by atoms with E-state index < -0.39 is 11.9 Å². The molecule has 0 aromatic heterocycles. The fraction of sp³-hybridized carbons (Fsp3) is 0.429. The minimum atomic E-state index is -0.839. The highest BCUT2D eigenvalue weighted by Crippen LogP contribution is 2.32. The highest BCUT2D eigenvalue weighted by molar-refractivity contribution is 5.85. The van der Waals surface area contributed by atoms with Gasteiger partial charge in [0.05, 0.1) is 12.5 Å². The summed E-state index contributed by atoms with van der Waals surface area (Å²) in [5.74, 6) is -1.54. The number of nitrogens with zero attached hydrogens (tertiary/aromatic N) is 1. The standard InChI is InChI=1S/C14H18N2O3.ClH/c1-15-7-13(17)16-8-11(12(9-16)14(18)19)10-5-3-2-4-6-10;/h2-6,11-12,15H,7-9H2,1H3,(H,18,19);1H/t11-,12+;/m0./s1. The monoisotopic (exact) mass is 298 g/mol. The van der Waals surface area contributed by atoms with E-state index in [-0.39, 0.29) is 37.3 Å². The number of hydrogen-bond donors (Lipinski definition) is 2. The Morgan fingerprint density at radius 2 is 1.95 bits per heavy atom. The molecule has 1 aliphatic heterocycles. The van der Waals surface area contributed by atoms with E-state index in [4.69, 9.17) is 0 Å². The number of carboxylic acids is 1. The summed E-state index contributed by atoms with van der Waals surface area (Å²) in [5, 5.41) is 12.1. The molecular formula is C14H19ClN2O3. The first-order chi connectivity index (χ1) is 9.13. The molecule has 0 bridgehead atoms. The zero-order chi connectivity index (χ0) is 13.8. The summed E-state index contributed by atoms with van der Waals surface area (Å²) in [5.41, 5.74) is 0.981. The molecule has 2 N–H and O–H groups in total. The largest absolute Gasteiger partial charge is 0.481 e. The molecule has 2 atom stereocenters. The lowest BCUT2D eigenvalue weighted by Gasteiger charge is -2.16. The van der Waals surface area contributed by atoms with Crippen LogP contribution in [0, 0.1) is 5.92 Å². The number of carbonyl (C=O) groups is 2. The second kappa shape index (κ2) is 7.26. The van der Waals surface area contributed by atoms with Crippen LogP contribution < -0.4 is 5.32 Å². The highest BCUT2D eigenvalue weighted by atomic mass is 35.5. The Balaban J connectivity index is 0.00000200. The van der Waals surface area contributed by atoms with Crippen molar-refractivity contribution in [3.8, 4) is 0 Å². The van der Waals surface area contributed by atoms with Crippen molar-refractivity contribution in [1.82, 2.24) is 10.2 Å². The maximum atomic E-state index is 11.9. The maximum absolute atomic E-state index is 11.9. The topological polar surface area (TPSA) is 69.6 Å². The van der Waals surface area contributed by atoms with Crippen molar-refractivity contribution in [3.63, 3.8) is 0 Å². The smallest absolute Gasteiger partial charge is 0.308 e. The second-order valence-electron chi connectivity index (χ2n) is 4.79. The lowest BCUT2D eigenvalue weighted by molar-refractivity contribution is -0.141. The molecule has 0 aliphatic carbocycles. The van der Waals surface area contributed by atoms with Crippen LogP contribution in [0.25, 0.3) is 0 Å². The van der Waals surface area contributed by atoms with E-state index in [1.54, 1.807) is 11.9 Å². The molecule has 110 valence electrons. The Hall–Kier alpha value is -1.59. The molecule has 6 heteroatoms. The molecule has 2 rings (SSSR count). The van der Waals surface area contributed by atoms with Crippen LogP contribution in [0.4, 0.5) is 0 Å². The van der Waals surface area contributed by atoms with E-state index in [1.165, 1.54) is 0 Å². The number of amides is 1. The third kappa shape index (κ3) is 3.49. The number of carboxylic acid groups (broad SMARTS) is 1. The Morgan fingerprint density at radius 3 is 2.50 bits per heavy atom. The van der Waals surface area contributed by atoms with Crippen LogP contribution >= 0.6 is 12.4 Å². The van der Waals surface area contributed by atoms with Gasteiger partial charge < -0.3 is 15.3 Å². The summed E-state index contributed by atoms with van der Waals surface area (Å²) < 4.78 is 0. The van der Waals surface area contributed by atoms with Crippen molar-refractivity contribution in [3.05, 3.63) is 35.9 Å². The molecule has 1 saturated heterocycles. The average molecular weight is 299 g/mol. The van der Waals surface area contributed by atoms with Crippen molar-refractivity contribution >= 4 is 24.3 Å². The quantitative estimate of drug-likeness (QED) is 0.868. The summed E-state index contributed by atoms with van der Waals surface area (Å²) >= 11 is 0. The van der Waals surface area contributed by atoms with E-state index >= 15 is 0 Å². The van der Waals surface area contributed by atoms with Crippen molar-refractivity contribution in [2.45, 2.75) is 5.92 Å². The van der Waals surface area contributed by atoms with E-state index in [0.29, 0.717) is 6.54 Å². The van der Waals surface area contributed by atoms with E-state index in [0.717, 1.165) is 5.56 Å². The van der Waals surface area contributed by atoms with Crippen LogP contribution in [-0.2, 0) is 9.59 Å². The molecule has 1 heterocycles. The van der Waals surface area contributed by atoms with Gasteiger partial charge in [-0.25, -0.2) is 0 Å². The zero-order valence-electron chi connectivity index (χ0n) is 11.3. The van der Waals surface area contributed by atoms with Gasteiger partial charge in [0, 0.05) is 19.0 Å². The summed E-state index contributed by atoms with van der Waals surface area (Å²) in [6, 6.07) is 9.54. The van der Waals surface area contributed by atoms with Gasteiger partial charge in [0.1, 0.15) is 0 Å². The number of hydrogen-bond acceptors (Lipinski definition) is 3. The van der Waals surface area contributed by atoms with Crippen molar-refractivity contribution < 1.29 is 14.7 Å². The van der Waals surface area contributed by atoms with Gasteiger partial charge >= 0.3 is 5.97 Å². The molecule has 1 aromatic carbocycles. The predicted molar refractivity (Wildman–Crippen MR) is 78.1 cm³/mol. The number of aliphatic carboxylic acids is 1. The van der Waals surface area contributed by atoms with E-state index in [9.17, 15) is 14.7 Å². The number of nitrogens with one attached hydrogen (secondary N) is 1. The maximum Gasteiger partial charge on any atom is 0.308 e. The fourth-order valence-electron chi connectivity index (χ4n) is 2.56. The summed E-state index contributed by atoms with van der Waals surface area (Å²) in [6.45, 7) is 1.00. The van der Waals surface area contributed by atoms with Crippen LogP contribution in [0.5, 0.6) is 0 Å². The average Bonchev–Trinajstić information content (AvgIpc) is 2.85. The Bertz CT molecular complexity index is 467. The lowest BCUT2D eigenvalue weighted by atomic mass is 9.89. The van der Waals surface area contributed by atoms with Crippen LogP contribution in [0.3, 0.4) is 0 Å². The Kier molecular flexibility index (Phi) is 5.98. The number of benzene rings is 1. The molecule has 0 unspecified atom stereocenters. The van der Waals surface area contributed by atoms with E-state index in [1.807, 2.05) is 30.3 Å². The number of likely N-dealkylation sites (tertiary alicyclic amines) is 1. The summed E-state index contributed by atoms with van der Waals surface area (Å²) in [7, 11) is 1.71. The highest BCUT2D eigenvalue weighted by Gasteiger charge is 2.40. The Labute approximate surface area is 124 Å². The fourth-order valence-corrected chi connectivity index (χ4v) is 2.56. The molecule has 0 saturated carbocycles. The lowest BCUT2D eigenvalue weighted by Crippen LogP contribution is -2.36. The van der Waals surface area contributed by atoms with Gasteiger partial charge in [0.2, 0.25) is 5.91 Å². The first-order valence-electron chi connectivity index (χ1n) is 6.33. The van der Waals surface area contributed by atoms with Crippen LogP contribution in [0.15, 0.2) is 30.3 Å². The molecule has 1 amide bonds. The third-order valence-corrected chi connectivity index (χ3v) is 3.55. The zero-order valence-corrected chi connectivity index (χ0v) is 12.1. The number of likely N-dealkylation sites (N-methyl/N-ethyl adjacent to an activating group) is 1. The normalized spacial score (nSPS) is 21.4. The van der Waals surface area contributed by atoms with Crippen molar-refractivity contribution in [2.75, 3.05) is 26.7 Å². The van der Waals surface area contributed by atoms with Crippen molar-refractivity contribution in [1.29, 1.82) is 0 Å². The first kappa shape index (κ1) is 16.5. The van der Waals surface area contributed by atoms with Gasteiger partial charge in [-0.15, -0.1) is 12.4 Å². The van der Waals surface area contributed by atoms with Gasteiger partial charge in [-0.05, 0) is 12.6 Å². The predicted octanol–water partition coefficient (Wildman–Crippen LogP) is 0.954. The van der Waals surface area contributed by atoms with Crippen LogP contribution in [0.2, 0.25) is 0 Å². The third-order valence-electron chi connectivity index (χ3n) is 3.55. The molecule has 1 aromatic rings. The number of rotatable bonds is 4. The van der Waals surface area contributed by atoms with Crippen molar-refractivity contribution in [2.24, 2.45) is 5.92 Å². The first-order valence-corrected chi connectivity index (χ1v) is 6.33. The van der Waals surface area contributed by atoms with Gasteiger partial charge in [-0.3, -0.25) is 9.59 Å². The van der Waals surface area contributed by atoms with E-state index in [2.05, 4.69) is 5.32 Å². The second-order valence-corrected chi connectivity index (χ2v) is 4.79. The van der Waals surface area contributed by atoms with Gasteiger partial charge in [-0.2, -0.15) is 0 Å². The van der Waals surface area contributed by atoms with Gasteiger partial charge in [0.15, 0.2) is 0 Å². The molecule has 20 heavy (non-hydrogen) atoms. The summed E-state index contributed by atoms with van der Waals surface area (Å²) in [6.07, 6.45) is 0. The van der Waals surface area contributed by atoms with Gasteiger partial charge in [0.25, 0.3) is 0 Å². The summed E-state index contributed by atoms with van der Waals surface area (Å²) in [4.78, 5) is 24.9. The number of carbonyl (C=O) groups excluding carboxylic acids is 1. The molecule has 5 nitrogen and oxygen atoms in total. The molecule has 1 fully saturated rings. The molecule has 0 radical (unpaired) electrons. The van der Waals surface area contributed by atoms with Crippen LogP contribution in [0.1, 0.15) is 11.5 Å². The molecule has 1 aliphatic rings. The minimum Gasteiger partial charge on any atom is -0.481 e. The number of halogens is 1. The minimum absolute atomic E-state index is 0. The Morgan fingerprint density at radius 1 is 1.30 bits per heavy atom. The molecular weight excluding hydrogens is 280 g/mol.